The van der Waals surface area contributed by atoms with Gasteiger partial charge in [-0.15, -0.1) is 0 Å². The number of hydrogen-bond donors (Lipinski definition) is 1. The molecule has 1 rings (SSSR count). The first-order valence-corrected chi connectivity index (χ1v) is 8.18. The molecule has 1 atom stereocenters. The van der Waals surface area contributed by atoms with Gasteiger partial charge in [0.1, 0.15) is 0 Å². The number of nitrogens with one attached hydrogen (secondary N) is 1. The Morgan fingerprint density at radius 1 is 1.29 bits per heavy atom. The van der Waals surface area contributed by atoms with Crippen LogP contribution >= 0.6 is 34.8 Å². The van der Waals surface area contributed by atoms with E-state index in [4.69, 9.17) is 39.5 Å². The molecule has 0 aromatic rings. The fraction of sp³-hybridized carbons (Fsp3) is 0.846. The second-order valence-electron chi connectivity index (χ2n) is 5.13. The van der Waals surface area contributed by atoms with E-state index in [0.717, 1.165) is 30.6 Å². The van der Waals surface area contributed by atoms with E-state index in [1.165, 1.54) is 13.5 Å². The van der Waals surface area contributed by atoms with E-state index in [1.807, 2.05) is 0 Å². The predicted molar refractivity (Wildman–Crippen MR) is 83.6 cm³/mol. The van der Waals surface area contributed by atoms with E-state index in [1.54, 1.807) is 6.92 Å². The van der Waals surface area contributed by atoms with Crippen LogP contribution in [0.3, 0.4) is 0 Å². The van der Waals surface area contributed by atoms with Crippen molar-refractivity contribution in [1.82, 2.24) is 10.2 Å². The summed E-state index contributed by atoms with van der Waals surface area (Å²) in [5.41, 5.74) is 0. The van der Waals surface area contributed by atoms with E-state index in [2.05, 4.69) is 5.32 Å². The second-order valence-corrected chi connectivity index (χ2v) is 7.50. The number of esters is 1. The van der Waals surface area contributed by atoms with Gasteiger partial charge in [-0.05, 0) is 12.8 Å². The average Bonchev–Trinajstić information content (AvgIpc) is 2.43. The number of ether oxygens (including phenoxy) is 1. The van der Waals surface area contributed by atoms with Crippen LogP contribution in [0, 0.1) is 0 Å². The van der Waals surface area contributed by atoms with Crippen LogP contribution in [0.5, 0.6) is 0 Å². The van der Waals surface area contributed by atoms with Crippen molar-refractivity contribution in [3.63, 3.8) is 0 Å². The summed E-state index contributed by atoms with van der Waals surface area (Å²) in [4.78, 5) is 24.8. The first-order chi connectivity index (χ1) is 9.75. The molecule has 0 radical (unpaired) electrons. The van der Waals surface area contributed by atoms with Gasteiger partial charge < -0.3 is 10.1 Å². The molecule has 1 unspecified atom stereocenters. The fourth-order valence-corrected chi connectivity index (χ4v) is 2.78. The maximum Gasteiger partial charge on any atom is 0.320 e. The van der Waals surface area contributed by atoms with Crippen molar-refractivity contribution >= 4 is 46.8 Å². The molecule has 0 bridgehead atoms. The van der Waals surface area contributed by atoms with Crippen molar-refractivity contribution in [3.8, 4) is 0 Å². The third-order valence-corrected chi connectivity index (χ3v) is 3.98. The summed E-state index contributed by atoms with van der Waals surface area (Å²) >= 11 is 17.4. The Balaban J connectivity index is 2.67. The molecule has 0 aromatic heterocycles. The van der Waals surface area contributed by atoms with Crippen LogP contribution in [0.25, 0.3) is 0 Å². The third-order valence-electron chi connectivity index (χ3n) is 3.42. The number of urea groups is 1. The zero-order valence-corrected chi connectivity index (χ0v) is 14.5. The molecule has 0 aliphatic heterocycles. The van der Waals surface area contributed by atoms with Crippen LogP contribution in [0.1, 0.15) is 45.4 Å². The Bertz CT molecular complexity index is 368. The Hall–Kier alpha value is -0.390. The first-order valence-electron chi connectivity index (χ1n) is 7.05. The summed E-state index contributed by atoms with van der Waals surface area (Å²) in [6, 6.07) is -0.297. The number of halogens is 3. The lowest BCUT2D eigenvalue weighted by molar-refractivity contribution is -0.154. The van der Waals surface area contributed by atoms with Crippen LogP contribution in [0.4, 0.5) is 4.79 Å². The minimum Gasteiger partial charge on any atom is -0.437 e. The topological polar surface area (TPSA) is 58.6 Å². The van der Waals surface area contributed by atoms with E-state index >= 15 is 0 Å². The molecule has 5 nitrogen and oxygen atoms in total. The number of hydrogen-bond acceptors (Lipinski definition) is 3. The van der Waals surface area contributed by atoms with Crippen LogP contribution in [0.15, 0.2) is 0 Å². The summed E-state index contributed by atoms with van der Waals surface area (Å²) in [5, 5.41) is 2.88. The van der Waals surface area contributed by atoms with Gasteiger partial charge in [0.25, 0.3) is 0 Å². The van der Waals surface area contributed by atoms with Crippen LogP contribution in [0.2, 0.25) is 0 Å². The average molecular weight is 360 g/mol. The molecule has 1 saturated carbocycles. The van der Waals surface area contributed by atoms with Gasteiger partial charge >= 0.3 is 12.0 Å². The van der Waals surface area contributed by atoms with Crippen LogP contribution in [-0.4, -0.2) is 40.0 Å². The first kappa shape index (κ1) is 18.7. The van der Waals surface area contributed by atoms with Gasteiger partial charge in [-0.2, -0.15) is 0 Å². The lowest BCUT2D eigenvalue weighted by atomic mass is 9.96. The molecule has 2 amide bonds. The highest BCUT2D eigenvalue weighted by Gasteiger charge is 2.41. The normalized spacial score (nSPS) is 18.0. The molecule has 1 aliphatic rings. The Labute approximate surface area is 140 Å². The highest BCUT2D eigenvalue weighted by atomic mass is 35.6. The molecular formula is C13H21Cl3N2O3. The summed E-state index contributed by atoms with van der Waals surface area (Å²) in [6.45, 7) is 1.62. The van der Waals surface area contributed by atoms with Gasteiger partial charge in [0, 0.05) is 19.5 Å². The summed E-state index contributed by atoms with van der Waals surface area (Å²) < 4.78 is 3.15. The van der Waals surface area contributed by atoms with E-state index in [0.29, 0.717) is 0 Å². The maximum atomic E-state index is 12.2. The van der Waals surface area contributed by atoms with Crippen molar-refractivity contribution in [2.75, 3.05) is 7.05 Å². The Kier molecular flexibility index (Phi) is 7.37. The molecule has 0 aromatic carbocycles. The number of rotatable bonds is 4. The smallest absolute Gasteiger partial charge is 0.320 e. The molecule has 0 spiro atoms. The lowest BCUT2D eigenvalue weighted by Gasteiger charge is -2.34. The van der Waals surface area contributed by atoms with Crippen LogP contribution in [-0.2, 0) is 9.53 Å². The number of carbonyl (C=O) groups is 2. The van der Waals surface area contributed by atoms with Gasteiger partial charge in [-0.25, -0.2) is 4.79 Å². The summed E-state index contributed by atoms with van der Waals surface area (Å²) in [6.07, 6.45) is 4.11. The zero-order chi connectivity index (χ0) is 16.0. The minimum atomic E-state index is -1.91. The van der Waals surface area contributed by atoms with Gasteiger partial charge in [-0.3, -0.25) is 9.69 Å². The highest BCUT2D eigenvalue weighted by Crippen LogP contribution is 2.34. The quantitative estimate of drug-likeness (QED) is 0.474. The molecule has 1 N–H and O–H groups in total. The number of nitrogens with zero attached hydrogens (tertiary/aromatic N) is 1. The number of amides is 2. The zero-order valence-electron chi connectivity index (χ0n) is 12.2. The van der Waals surface area contributed by atoms with E-state index in [9.17, 15) is 9.59 Å². The third kappa shape index (κ3) is 6.09. The van der Waals surface area contributed by atoms with E-state index in [-0.39, 0.29) is 12.5 Å². The summed E-state index contributed by atoms with van der Waals surface area (Å²) in [5.74, 6) is -0.538. The summed E-state index contributed by atoms with van der Waals surface area (Å²) in [7, 11) is 1.44. The van der Waals surface area contributed by atoms with E-state index < -0.39 is 22.0 Å². The molecule has 122 valence electrons. The van der Waals surface area contributed by atoms with Gasteiger partial charge in [0.15, 0.2) is 0 Å². The lowest BCUT2D eigenvalue weighted by Crippen LogP contribution is -2.53. The molecular weight excluding hydrogens is 339 g/mol. The molecule has 21 heavy (non-hydrogen) atoms. The molecule has 8 heteroatoms. The van der Waals surface area contributed by atoms with Crippen molar-refractivity contribution in [2.45, 2.75) is 61.5 Å². The maximum absolute atomic E-state index is 12.2. The Morgan fingerprint density at radius 3 is 2.33 bits per heavy atom. The van der Waals surface area contributed by atoms with Crippen molar-refractivity contribution in [3.05, 3.63) is 0 Å². The molecule has 0 saturated heterocycles. The molecule has 0 heterocycles. The second kappa shape index (κ2) is 8.30. The molecule has 1 fully saturated rings. The molecule has 1 aliphatic carbocycles. The minimum absolute atomic E-state index is 0.117. The van der Waals surface area contributed by atoms with Gasteiger partial charge in [0.2, 0.25) is 10.0 Å². The number of carbonyl (C=O) groups excluding carboxylic acids is 2. The number of alkyl halides is 3. The Morgan fingerprint density at radius 2 is 1.86 bits per heavy atom. The monoisotopic (exact) mass is 358 g/mol. The van der Waals surface area contributed by atoms with Crippen LogP contribution < -0.4 is 5.32 Å². The fourth-order valence-electron chi connectivity index (χ4n) is 2.20. The van der Waals surface area contributed by atoms with Crippen molar-refractivity contribution in [1.29, 1.82) is 0 Å². The predicted octanol–water partition coefficient (Wildman–Crippen LogP) is 3.61. The standard InChI is InChI=1S/C13H21Cl3N2O3/c1-3-10(19)21-11(13(14,15)16)18(2)12(20)17-9-7-5-4-6-8-9/h9,11H,3-8H2,1-2H3,(H,17,20). The largest absolute Gasteiger partial charge is 0.437 e. The SMILES string of the molecule is CCC(=O)OC(N(C)C(=O)NC1CCCCC1)C(Cl)(Cl)Cl. The van der Waals surface area contributed by atoms with Crippen molar-refractivity contribution < 1.29 is 14.3 Å². The van der Waals surface area contributed by atoms with Gasteiger partial charge in [0.05, 0.1) is 0 Å². The van der Waals surface area contributed by atoms with Crippen molar-refractivity contribution in [2.24, 2.45) is 0 Å². The van der Waals surface area contributed by atoms with Gasteiger partial charge in [-0.1, -0.05) is 61.0 Å². The highest BCUT2D eigenvalue weighted by molar-refractivity contribution is 6.68.